The van der Waals surface area contributed by atoms with Crippen LogP contribution in [0.15, 0.2) is 47.8 Å². The largest absolute Gasteiger partial charge is 0.497 e. The maximum Gasteiger partial charge on any atom is 0.343 e. The van der Waals surface area contributed by atoms with E-state index in [4.69, 9.17) is 23.7 Å². The molecule has 1 heterocycles. The maximum absolute atomic E-state index is 13.3. The summed E-state index contributed by atoms with van der Waals surface area (Å²) in [5.74, 6) is -1.02. The average Bonchev–Trinajstić information content (AvgIpc) is 2.76. The molecule has 1 aromatic rings. The van der Waals surface area contributed by atoms with E-state index in [1.54, 1.807) is 31.2 Å². The number of ketones is 1. The lowest BCUT2D eigenvalue weighted by molar-refractivity contribution is -0.175. The molecule has 3 rings (SSSR count). The number of esters is 2. The second-order valence-electron chi connectivity index (χ2n) is 8.02. The Morgan fingerprint density at radius 2 is 1.91 bits per heavy atom. The summed E-state index contributed by atoms with van der Waals surface area (Å²) in [6.07, 6.45) is 5.66. The quantitative estimate of drug-likeness (QED) is 0.600. The Hall–Kier alpha value is -3.55. The van der Waals surface area contributed by atoms with Gasteiger partial charge in [-0.25, -0.2) is 4.79 Å². The summed E-state index contributed by atoms with van der Waals surface area (Å²) < 4.78 is 27.7. The van der Waals surface area contributed by atoms with Crippen LogP contribution in [0.3, 0.4) is 0 Å². The number of allylic oxidation sites excluding steroid dienone is 3. The minimum Gasteiger partial charge on any atom is -0.497 e. The van der Waals surface area contributed by atoms with Crippen molar-refractivity contribution in [3.05, 3.63) is 58.9 Å². The molecule has 0 unspecified atom stereocenters. The summed E-state index contributed by atoms with van der Waals surface area (Å²) in [4.78, 5) is 38.5. The molecular formula is C25H28O8. The van der Waals surface area contributed by atoms with Crippen LogP contribution in [0.5, 0.6) is 11.5 Å². The maximum atomic E-state index is 13.3. The van der Waals surface area contributed by atoms with Gasteiger partial charge in [0.2, 0.25) is 11.4 Å². The fourth-order valence-corrected chi connectivity index (χ4v) is 4.07. The van der Waals surface area contributed by atoms with Gasteiger partial charge in [0.25, 0.3) is 0 Å². The van der Waals surface area contributed by atoms with E-state index in [1.807, 2.05) is 13.0 Å². The van der Waals surface area contributed by atoms with Crippen molar-refractivity contribution < 1.29 is 38.1 Å². The number of rotatable bonds is 6. The van der Waals surface area contributed by atoms with E-state index in [1.165, 1.54) is 34.1 Å². The molecule has 0 saturated heterocycles. The number of hydrogen-bond acceptors (Lipinski definition) is 8. The molecule has 0 radical (unpaired) electrons. The Morgan fingerprint density at radius 3 is 2.52 bits per heavy atom. The van der Waals surface area contributed by atoms with Crippen LogP contribution >= 0.6 is 0 Å². The van der Waals surface area contributed by atoms with Crippen molar-refractivity contribution in [1.29, 1.82) is 0 Å². The Labute approximate surface area is 192 Å². The second-order valence-corrected chi connectivity index (χ2v) is 8.02. The van der Waals surface area contributed by atoms with Gasteiger partial charge in [-0.15, -0.1) is 0 Å². The van der Waals surface area contributed by atoms with Crippen molar-refractivity contribution in [3.8, 4) is 11.5 Å². The van der Waals surface area contributed by atoms with Crippen LogP contribution < -0.4 is 9.47 Å². The van der Waals surface area contributed by atoms with Crippen LogP contribution in [0.1, 0.15) is 36.7 Å². The van der Waals surface area contributed by atoms with Gasteiger partial charge in [0.05, 0.1) is 26.7 Å². The molecule has 0 aromatic heterocycles. The minimum atomic E-state index is -1.76. The van der Waals surface area contributed by atoms with E-state index in [0.717, 1.165) is 0 Å². The molecule has 8 nitrogen and oxygen atoms in total. The van der Waals surface area contributed by atoms with Crippen molar-refractivity contribution >= 4 is 17.7 Å². The SMILES string of the molecule is C/C=C/C1=CC2=CC(=O)[C@](C)(OC(=O)c3c(C)cc(OC)cc3OC)[C@@H](OC(C)=O)[C@@H]2CO1. The molecule has 8 heteroatoms. The summed E-state index contributed by atoms with van der Waals surface area (Å²) in [6, 6.07) is 3.22. The zero-order valence-corrected chi connectivity index (χ0v) is 19.6. The minimum absolute atomic E-state index is 0.152. The Morgan fingerprint density at radius 1 is 1.18 bits per heavy atom. The van der Waals surface area contributed by atoms with Gasteiger partial charge in [0.15, 0.2) is 6.10 Å². The molecule has 0 amide bonds. The molecule has 2 aliphatic rings. The molecule has 3 atom stereocenters. The van der Waals surface area contributed by atoms with Crippen LogP contribution in [0.2, 0.25) is 0 Å². The average molecular weight is 456 g/mol. The van der Waals surface area contributed by atoms with Gasteiger partial charge in [-0.3, -0.25) is 9.59 Å². The molecular weight excluding hydrogens is 428 g/mol. The lowest BCUT2D eigenvalue weighted by Crippen LogP contribution is -2.58. The molecule has 0 bridgehead atoms. The van der Waals surface area contributed by atoms with Crippen LogP contribution in [0.25, 0.3) is 0 Å². The topological polar surface area (TPSA) is 97.4 Å². The smallest absolute Gasteiger partial charge is 0.343 e. The van der Waals surface area contributed by atoms with E-state index < -0.39 is 35.3 Å². The highest BCUT2D eigenvalue weighted by Crippen LogP contribution is 2.40. The number of carbonyl (C=O) groups excluding carboxylic acids is 3. The molecule has 0 N–H and O–H groups in total. The summed E-state index contributed by atoms with van der Waals surface area (Å²) >= 11 is 0. The molecule has 1 aliphatic carbocycles. The zero-order chi connectivity index (χ0) is 24.3. The fraction of sp³-hybridized carbons (Fsp3) is 0.400. The van der Waals surface area contributed by atoms with Gasteiger partial charge in [0.1, 0.15) is 22.8 Å². The molecule has 0 spiro atoms. The van der Waals surface area contributed by atoms with Crippen molar-refractivity contribution in [1.82, 2.24) is 0 Å². The molecule has 1 aliphatic heterocycles. The first-order chi connectivity index (χ1) is 15.6. The highest BCUT2D eigenvalue weighted by molar-refractivity contribution is 6.03. The first-order valence-corrected chi connectivity index (χ1v) is 10.5. The first kappa shape index (κ1) is 24.1. The van der Waals surface area contributed by atoms with E-state index in [9.17, 15) is 14.4 Å². The molecule has 1 aromatic carbocycles. The van der Waals surface area contributed by atoms with Crippen molar-refractivity contribution in [2.75, 3.05) is 20.8 Å². The summed E-state index contributed by atoms with van der Waals surface area (Å²) in [7, 11) is 2.92. The van der Waals surface area contributed by atoms with E-state index in [-0.39, 0.29) is 17.9 Å². The van der Waals surface area contributed by atoms with E-state index >= 15 is 0 Å². The number of benzene rings is 1. The van der Waals surface area contributed by atoms with Crippen molar-refractivity contribution in [2.45, 2.75) is 39.4 Å². The summed E-state index contributed by atoms with van der Waals surface area (Å²) in [5, 5.41) is 0. The standard InChI is InChI=1S/C25H28O8/c1-7-8-17-10-16-11-21(27)25(4,23(32-15(3)26)19(16)13-31-17)33-24(28)22-14(2)9-18(29-5)12-20(22)30-6/h7-12,19,23H,13H2,1-6H3/b8-7+/t19-,23+,25+/m1/s1. The third-order valence-corrected chi connectivity index (χ3v) is 5.72. The van der Waals surface area contributed by atoms with Crippen LogP contribution in [-0.2, 0) is 23.8 Å². The number of hydrogen-bond donors (Lipinski definition) is 0. The van der Waals surface area contributed by atoms with Gasteiger partial charge in [-0.1, -0.05) is 6.08 Å². The van der Waals surface area contributed by atoms with Gasteiger partial charge in [0, 0.05) is 13.0 Å². The Kier molecular flexibility index (Phi) is 6.95. The highest BCUT2D eigenvalue weighted by Gasteiger charge is 2.54. The second kappa shape index (κ2) is 9.52. The third kappa shape index (κ3) is 4.65. The Bertz CT molecular complexity index is 1060. The summed E-state index contributed by atoms with van der Waals surface area (Å²) in [5.41, 5.74) is -0.414. The molecule has 176 valence electrons. The van der Waals surface area contributed by atoms with Crippen LogP contribution in [0.4, 0.5) is 0 Å². The summed E-state index contributed by atoms with van der Waals surface area (Å²) in [6.45, 7) is 6.41. The first-order valence-electron chi connectivity index (χ1n) is 10.5. The van der Waals surface area contributed by atoms with Gasteiger partial charge in [-0.2, -0.15) is 0 Å². The van der Waals surface area contributed by atoms with Crippen LogP contribution in [-0.4, -0.2) is 50.3 Å². The number of aryl methyl sites for hydroxylation is 1. The molecule has 0 fully saturated rings. The number of carbonyl (C=O) groups is 3. The van der Waals surface area contributed by atoms with Gasteiger partial charge in [-0.05, 0) is 56.2 Å². The number of ether oxygens (including phenoxy) is 5. The molecule has 0 saturated carbocycles. The Balaban J connectivity index is 2.03. The van der Waals surface area contributed by atoms with E-state index in [0.29, 0.717) is 22.6 Å². The van der Waals surface area contributed by atoms with Gasteiger partial charge >= 0.3 is 11.9 Å². The fourth-order valence-electron chi connectivity index (χ4n) is 4.07. The highest BCUT2D eigenvalue weighted by atomic mass is 16.6. The normalized spacial score (nSPS) is 24.2. The predicted molar refractivity (Wildman–Crippen MR) is 119 cm³/mol. The lowest BCUT2D eigenvalue weighted by atomic mass is 9.74. The lowest BCUT2D eigenvalue weighted by Gasteiger charge is -2.43. The monoisotopic (exact) mass is 456 g/mol. The molecule has 33 heavy (non-hydrogen) atoms. The van der Waals surface area contributed by atoms with Crippen molar-refractivity contribution in [2.24, 2.45) is 5.92 Å². The number of methoxy groups -OCH3 is 2. The van der Waals surface area contributed by atoms with E-state index in [2.05, 4.69) is 0 Å². The number of fused-ring (bicyclic) bond motifs is 1. The van der Waals surface area contributed by atoms with Gasteiger partial charge < -0.3 is 23.7 Å². The van der Waals surface area contributed by atoms with Crippen LogP contribution in [0, 0.1) is 12.8 Å². The zero-order valence-electron chi connectivity index (χ0n) is 19.6. The van der Waals surface area contributed by atoms with Crippen molar-refractivity contribution in [3.63, 3.8) is 0 Å². The predicted octanol–water partition coefficient (Wildman–Crippen LogP) is 3.47. The third-order valence-electron chi connectivity index (χ3n) is 5.72.